The molecule has 1 amide bonds. The maximum absolute atomic E-state index is 12.5. The largest absolute Gasteiger partial charge is 0.461 e. The third kappa shape index (κ3) is 1.59. The van der Waals surface area contributed by atoms with Crippen molar-refractivity contribution in [3.63, 3.8) is 0 Å². The Morgan fingerprint density at radius 1 is 1.25 bits per heavy atom. The number of esters is 1. The molecule has 2 aliphatic carbocycles. The topological polar surface area (TPSA) is 55.4 Å². The molecule has 2 saturated carbocycles. The van der Waals surface area contributed by atoms with Crippen molar-refractivity contribution in [2.75, 3.05) is 5.32 Å². The van der Waals surface area contributed by atoms with Crippen LogP contribution < -0.4 is 5.32 Å². The summed E-state index contributed by atoms with van der Waals surface area (Å²) in [5.74, 6) is -0.361. The van der Waals surface area contributed by atoms with Gasteiger partial charge in [-0.3, -0.25) is 9.59 Å². The monoisotopic (exact) mass is 335 g/mol. The van der Waals surface area contributed by atoms with Crippen molar-refractivity contribution < 1.29 is 14.3 Å². The Morgan fingerprint density at radius 2 is 2.00 bits per heavy atom. The van der Waals surface area contributed by atoms with E-state index in [2.05, 4.69) is 21.2 Å². The van der Waals surface area contributed by atoms with E-state index < -0.39 is 0 Å². The molecule has 3 aliphatic rings. The number of nitrogens with one attached hydrogen (secondary N) is 1. The number of fused-ring (bicyclic) bond motifs is 1. The van der Waals surface area contributed by atoms with Crippen LogP contribution in [0.15, 0.2) is 30.3 Å². The van der Waals surface area contributed by atoms with Crippen LogP contribution in [0.4, 0.5) is 5.69 Å². The first-order valence-electron chi connectivity index (χ1n) is 6.87. The van der Waals surface area contributed by atoms with Crippen molar-refractivity contribution in [2.24, 2.45) is 23.7 Å². The van der Waals surface area contributed by atoms with Gasteiger partial charge in [-0.05, 0) is 24.5 Å². The minimum atomic E-state index is -0.268. The number of alkyl halides is 1. The van der Waals surface area contributed by atoms with Gasteiger partial charge in [0.1, 0.15) is 6.10 Å². The van der Waals surface area contributed by atoms with E-state index in [9.17, 15) is 9.59 Å². The fraction of sp³-hybridized carbons (Fsp3) is 0.467. The Morgan fingerprint density at radius 3 is 2.75 bits per heavy atom. The lowest BCUT2D eigenvalue weighted by molar-refractivity contribution is -0.145. The highest BCUT2D eigenvalue weighted by molar-refractivity contribution is 9.09. The van der Waals surface area contributed by atoms with Gasteiger partial charge in [0.05, 0.1) is 16.7 Å². The summed E-state index contributed by atoms with van der Waals surface area (Å²) < 4.78 is 5.42. The van der Waals surface area contributed by atoms with Crippen LogP contribution in [0.5, 0.6) is 0 Å². The Hall–Kier alpha value is -1.36. The number of carbonyl (C=O) groups is 2. The summed E-state index contributed by atoms with van der Waals surface area (Å²) in [5.41, 5.74) is 0.773. The summed E-state index contributed by atoms with van der Waals surface area (Å²) in [7, 11) is 0. The molecule has 2 bridgehead atoms. The quantitative estimate of drug-likeness (QED) is 0.665. The number of hydrogen-bond donors (Lipinski definition) is 1. The van der Waals surface area contributed by atoms with Gasteiger partial charge in [-0.2, -0.15) is 0 Å². The molecule has 5 heteroatoms. The van der Waals surface area contributed by atoms with Crippen LogP contribution in [-0.4, -0.2) is 22.8 Å². The van der Waals surface area contributed by atoms with Gasteiger partial charge in [-0.25, -0.2) is 0 Å². The normalized spacial score (nSPS) is 40.8. The third-order valence-corrected chi connectivity index (χ3v) is 6.07. The second-order valence-electron chi connectivity index (χ2n) is 5.82. The van der Waals surface area contributed by atoms with Gasteiger partial charge in [-0.15, -0.1) is 0 Å². The van der Waals surface area contributed by atoms with Gasteiger partial charge in [-0.1, -0.05) is 34.1 Å². The number of rotatable bonds is 2. The highest BCUT2D eigenvalue weighted by Gasteiger charge is 2.67. The molecule has 4 nitrogen and oxygen atoms in total. The van der Waals surface area contributed by atoms with Crippen molar-refractivity contribution in [2.45, 2.75) is 17.4 Å². The van der Waals surface area contributed by atoms with Crippen molar-refractivity contribution >= 4 is 33.5 Å². The van der Waals surface area contributed by atoms with Gasteiger partial charge in [0.15, 0.2) is 0 Å². The summed E-state index contributed by atoms with van der Waals surface area (Å²) >= 11 is 3.61. The maximum Gasteiger partial charge on any atom is 0.310 e. The fourth-order valence-electron chi connectivity index (χ4n) is 4.08. The molecule has 0 aromatic heterocycles. The summed E-state index contributed by atoms with van der Waals surface area (Å²) in [6.07, 6.45) is 0.877. The molecule has 1 aromatic carbocycles. The number of carbonyl (C=O) groups excluding carboxylic acids is 2. The van der Waals surface area contributed by atoms with E-state index in [1.807, 2.05) is 30.3 Å². The van der Waals surface area contributed by atoms with Crippen molar-refractivity contribution in [1.82, 2.24) is 0 Å². The third-order valence-electron chi connectivity index (χ3n) is 4.87. The first kappa shape index (κ1) is 12.4. The molecule has 3 fully saturated rings. The van der Waals surface area contributed by atoms with Crippen LogP contribution in [0.25, 0.3) is 0 Å². The van der Waals surface area contributed by atoms with Crippen LogP contribution in [0.1, 0.15) is 6.42 Å². The van der Waals surface area contributed by atoms with Gasteiger partial charge in [0.25, 0.3) is 0 Å². The first-order chi connectivity index (χ1) is 9.66. The predicted molar refractivity (Wildman–Crippen MR) is 76.2 cm³/mol. The molecular weight excluding hydrogens is 322 g/mol. The molecule has 1 aliphatic heterocycles. The smallest absolute Gasteiger partial charge is 0.310 e. The van der Waals surface area contributed by atoms with Crippen molar-refractivity contribution in [1.29, 1.82) is 0 Å². The lowest BCUT2D eigenvalue weighted by Crippen LogP contribution is -2.40. The van der Waals surface area contributed by atoms with E-state index in [4.69, 9.17) is 4.74 Å². The molecule has 20 heavy (non-hydrogen) atoms. The van der Waals surface area contributed by atoms with E-state index in [-0.39, 0.29) is 46.5 Å². The molecule has 4 rings (SSSR count). The summed E-state index contributed by atoms with van der Waals surface area (Å²) in [6.45, 7) is 0. The number of halogens is 1. The van der Waals surface area contributed by atoms with E-state index in [0.717, 1.165) is 12.1 Å². The average molecular weight is 336 g/mol. The van der Waals surface area contributed by atoms with E-state index in [1.165, 1.54) is 0 Å². The van der Waals surface area contributed by atoms with Crippen molar-refractivity contribution in [3.8, 4) is 0 Å². The number of amides is 1. The zero-order chi connectivity index (χ0) is 13.9. The highest BCUT2D eigenvalue weighted by atomic mass is 79.9. The summed E-state index contributed by atoms with van der Waals surface area (Å²) in [5, 5.41) is 2.93. The van der Waals surface area contributed by atoms with Crippen LogP contribution in [-0.2, 0) is 14.3 Å². The number of para-hydroxylation sites is 1. The molecular formula is C15H14BrNO3. The highest BCUT2D eigenvalue weighted by Crippen LogP contribution is 2.59. The molecule has 104 valence electrons. The van der Waals surface area contributed by atoms with Gasteiger partial charge < -0.3 is 10.1 Å². The lowest BCUT2D eigenvalue weighted by atomic mass is 9.79. The number of anilines is 1. The summed E-state index contributed by atoms with van der Waals surface area (Å²) in [4.78, 5) is 24.6. The zero-order valence-corrected chi connectivity index (χ0v) is 12.2. The lowest BCUT2D eigenvalue weighted by Gasteiger charge is -2.27. The molecule has 0 unspecified atom stereocenters. The Kier molecular flexibility index (Phi) is 2.67. The molecule has 6 atom stereocenters. The van der Waals surface area contributed by atoms with Crippen molar-refractivity contribution in [3.05, 3.63) is 30.3 Å². The van der Waals surface area contributed by atoms with Gasteiger partial charge >= 0.3 is 5.97 Å². The first-order valence-corrected chi connectivity index (χ1v) is 7.79. The molecule has 0 spiro atoms. The second-order valence-corrected chi connectivity index (χ2v) is 6.87. The molecule has 1 N–H and O–H groups in total. The predicted octanol–water partition coefficient (Wildman–Crippen LogP) is 2.20. The minimum absolute atomic E-state index is 0.0294. The average Bonchev–Trinajstić information content (AvgIpc) is 3.04. The van der Waals surface area contributed by atoms with Crippen LogP contribution in [0.3, 0.4) is 0 Å². The standard InChI is InChI=1S/C15H14BrNO3/c16-12-8-6-9-11(15(19)20-13(9)12)10(8)14(18)17-7-4-2-1-3-5-7/h1-5,8-13H,6H2,(H,17,18)/t8-,9+,10+,11-,12+,13-/m0/s1. The molecule has 1 heterocycles. The van der Waals surface area contributed by atoms with E-state index in [0.29, 0.717) is 0 Å². The second kappa shape index (κ2) is 4.32. The van der Waals surface area contributed by atoms with Gasteiger partial charge in [0.2, 0.25) is 5.91 Å². The minimum Gasteiger partial charge on any atom is -0.461 e. The molecule has 1 saturated heterocycles. The van der Waals surface area contributed by atoms with E-state index in [1.54, 1.807) is 0 Å². The Bertz CT molecular complexity index is 576. The maximum atomic E-state index is 12.5. The molecule has 1 aromatic rings. The zero-order valence-electron chi connectivity index (χ0n) is 10.7. The van der Waals surface area contributed by atoms with Crippen LogP contribution in [0, 0.1) is 23.7 Å². The Labute approximate surface area is 125 Å². The fourth-order valence-corrected chi connectivity index (χ4v) is 5.12. The van der Waals surface area contributed by atoms with Crippen LogP contribution in [0.2, 0.25) is 0 Å². The van der Waals surface area contributed by atoms with E-state index >= 15 is 0 Å². The van der Waals surface area contributed by atoms with Gasteiger partial charge in [0, 0.05) is 11.6 Å². The number of benzene rings is 1. The number of ether oxygens (including phenoxy) is 1. The summed E-state index contributed by atoms with van der Waals surface area (Å²) in [6, 6.07) is 9.37. The molecule has 0 radical (unpaired) electrons. The SMILES string of the molecule is O=C(Nc1ccccc1)[C@@H]1[C@@H]2C[C@H]3[C@H](OC(=O)[C@@H]31)[C@@H]2Br. The number of hydrogen-bond acceptors (Lipinski definition) is 3. The van der Waals surface area contributed by atoms with Crippen LogP contribution >= 0.6 is 15.9 Å². The Balaban J connectivity index is 1.60.